The average molecular weight is 461 g/mol. The van der Waals surface area contributed by atoms with Crippen LogP contribution < -0.4 is 5.32 Å². The molecule has 0 atom stereocenters. The van der Waals surface area contributed by atoms with Gasteiger partial charge in [0, 0.05) is 28.9 Å². The minimum absolute atomic E-state index is 0.0181. The van der Waals surface area contributed by atoms with Gasteiger partial charge in [-0.15, -0.1) is 0 Å². The molecule has 0 spiro atoms. The van der Waals surface area contributed by atoms with Crippen LogP contribution in [0.4, 0.5) is 19.0 Å². The lowest BCUT2D eigenvalue weighted by Crippen LogP contribution is -2.16. The molecule has 1 saturated carbocycles. The number of hydrogen-bond donors (Lipinski definition) is 1. The molecule has 5 rings (SSSR count). The molecule has 1 aliphatic rings. The Morgan fingerprint density at radius 1 is 1.19 bits per heavy atom. The zero-order valence-corrected chi connectivity index (χ0v) is 17.2. The van der Waals surface area contributed by atoms with Gasteiger partial charge in [-0.2, -0.15) is 23.4 Å². The van der Waals surface area contributed by atoms with Crippen molar-refractivity contribution in [1.29, 1.82) is 0 Å². The van der Waals surface area contributed by atoms with Gasteiger partial charge in [0.25, 0.3) is 5.91 Å². The van der Waals surface area contributed by atoms with E-state index in [0.717, 1.165) is 30.7 Å². The molecule has 164 valence electrons. The summed E-state index contributed by atoms with van der Waals surface area (Å²) in [5.41, 5.74) is 0.168. The molecule has 1 amide bonds. The van der Waals surface area contributed by atoms with Crippen LogP contribution in [0.1, 0.15) is 46.1 Å². The third-order valence-corrected chi connectivity index (χ3v) is 5.41. The molecule has 0 aliphatic heterocycles. The first kappa shape index (κ1) is 20.5. The maximum absolute atomic E-state index is 13.5. The van der Waals surface area contributed by atoms with E-state index in [0.29, 0.717) is 21.8 Å². The number of rotatable bonds is 5. The quantitative estimate of drug-likeness (QED) is 0.465. The summed E-state index contributed by atoms with van der Waals surface area (Å²) in [7, 11) is 0. The lowest BCUT2D eigenvalue weighted by Gasteiger charge is -2.11. The fourth-order valence-electron chi connectivity index (χ4n) is 3.41. The number of aromatic nitrogens is 5. The zero-order valence-electron chi connectivity index (χ0n) is 16.5. The van der Waals surface area contributed by atoms with Crippen molar-refractivity contribution in [2.24, 2.45) is 0 Å². The van der Waals surface area contributed by atoms with Crippen molar-refractivity contribution in [2.45, 2.75) is 31.5 Å². The fraction of sp³-hybridized carbons (Fsp3) is 0.238. The average Bonchev–Trinajstić information content (AvgIpc) is 3.36. The van der Waals surface area contributed by atoms with Crippen molar-refractivity contribution in [3.8, 4) is 0 Å². The molecule has 11 heteroatoms. The van der Waals surface area contributed by atoms with Crippen LogP contribution in [0.15, 0.2) is 48.8 Å². The minimum atomic E-state index is -4.62. The first-order valence-corrected chi connectivity index (χ1v) is 10.2. The van der Waals surface area contributed by atoms with Crippen LogP contribution in [0.5, 0.6) is 0 Å². The Hall–Kier alpha value is -3.40. The van der Waals surface area contributed by atoms with Gasteiger partial charge in [0.2, 0.25) is 0 Å². The largest absolute Gasteiger partial charge is 0.433 e. The molecule has 1 fully saturated rings. The number of nitrogens with one attached hydrogen (secondary N) is 1. The Balaban J connectivity index is 1.40. The van der Waals surface area contributed by atoms with Gasteiger partial charge in [0.15, 0.2) is 11.5 Å². The molecular weight excluding hydrogens is 445 g/mol. The van der Waals surface area contributed by atoms with Crippen LogP contribution in [-0.2, 0) is 12.7 Å². The smallest absolute Gasteiger partial charge is 0.305 e. The van der Waals surface area contributed by atoms with Gasteiger partial charge >= 0.3 is 6.18 Å². The van der Waals surface area contributed by atoms with Crippen molar-refractivity contribution in [3.63, 3.8) is 0 Å². The predicted molar refractivity (Wildman–Crippen MR) is 111 cm³/mol. The number of carbonyl (C=O) groups is 1. The Bertz CT molecular complexity index is 1310. The van der Waals surface area contributed by atoms with Crippen molar-refractivity contribution in [2.75, 3.05) is 5.32 Å². The number of hydrogen-bond acceptors (Lipinski definition) is 4. The highest BCUT2D eigenvalue weighted by molar-refractivity contribution is 6.30. The summed E-state index contributed by atoms with van der Waals surface area (Å²) in [4.78, 5) is 17.1. The van der Waals surface area contributed by atoms with Crippen LogP contribution in [0.25, 0.3) is 5.65 Å². The summed E-state index contributed by atoms with van der Waals surface area (Å²) in [6.45, 7) is 0.463. The standard InChI is InChI=1S/C21H16ClF3N6O/c22-14-5-1-12(2-6-14)11-30-8-7-18(29-30)28-20(32)15-10-26-31-17(21(23,24)25)9-16(13-3-4-13)27-19(15)31/h1-2,5-10,13H,3-4,11H2,(H,28,29,32). The van der Waals surface area contributed by atoms with E-state index in [1.807, 2.05) is 12.1 Å². The van der Waals surface area contributed by atoms with E-state index in [4.69, 9.17) is 11.6 Å². The van der Waals surface area contributed by atoms with E-state index < -0.39 is 17.8 Å². The summed E-state index contributed by atoms with van der Waals surface area (Å²) < 4.78 is 42.9. The highest BCUT2D eigenvalue weighted by Gasteiger charge is 2.38. The summed E-state index contributed by atoms with van der Waals surface area (Å²) in [6.07, 6.45) is -0.284. The van der Waals surface area contributed by atoms with Gasteiger partial charge in [0.05, 0.1) is 12.7 Å². The normalized spacial score (nSPS) is 14.1. The lowest BCUT2D eigenvalue weighted by atomic mass is 10.2. The van der Waals surface area contributed by atoms with E-state index in [1.54, 1.807) is 29.1 Å². The molecule has 32 heavy (non-hydrogen) atoms. The first-order chi connectivity index (χ1) is 15.3. The summed E-state index contributed by atoms with van der Waals surface area (Å²) in [5.74, 6) is -0.390. The van der Waals surface area contributed by atoms with Gasteiger partial charge in [0.1, 0.15) is 11.3 Å². The molecule has 1 N–H and O–H groups in total. The van der Waals surface area contributed by atoms with E-state index in [9.17, 15) is 18.0 Å². The van der Waals surface area contributed by atoms with Gasteiger partial charge < -0.3 is 5.32 Å². The third kappa shape index (κ3) is 4.05. The van der Waals surface area contributed by atoms with Gasteiger partial charge in [-0.25, -0.2) is 9.50 Å². The van der Waals surface area contributed by atoms with Gasteiger partial charge in [-0.1, -0.05) is 23.7 Å². The molecule has 0 radical (unpaired) electrons. The second kappa shape index (κ2) is 7.63. The number of amides is 1. The predicted octanol–water partition coefficient (Wildman–Crippen LogP) is 4.78. The Labute approximate surface area is 184 Å². The molecule has 4 aromatic rings. The SMILES string of the molecule is O=C(Nc1ccn(Cc2ccc(Cl)cc2)n1)c1cnn2c(C(F)(F)F)cc(C3CC3)nc12. The van der Waals surface area contributed by atoms with Crippen LogP contribution >= 0.6 is 11.6 Å². The van der Waals surface area contributed by atoms with E-state index in [-0.39, 0.29) is 22.9 Å². The van der Waals surface area contributed by atoms with Crippen molar-refractivity contribution in [1.82, 2.24) is 24.4 Å². The molecule has 3 aromatic heterocycles. The van der Waals surface area contributed by atoms with Crippen molar-refractivity contribution < 1.29 is 18.0 Å². The number of carbonyl (C=O) groups excluding carboxylic acids is 1. The molecule has 3 heterocycles. The van der Waals surface area contributed by atoms with E-state index in [1.165, 1.54) is 0 Å². The Morgan fingerprint density at radius 2 is 1.94 bits per heavy atom. The highest BCUT2D eigenvalue weighted by atomic mass is 35.5. The molecule has 1 aliphatic carbocycles. The molecule has 7 nitrogen and oxygen atoms in total. The number of fused-ring (bicyclic) bond motifs is 1. The van der Waals surface area contributed by atoms with Crippen LogP contribution in [-0.4, -0.2) is 30.3 Å². The second-order valence-corrected chi connectivity index (χ2v) is 8.05. The topological polar surface area (TPSA) is 77.1 Å². The summed E-state index contributed by atoms with van der Waals surface area (Å²) >= 11 is 5.89. The first-order valence-electron chi connectivity index (χ1n) is 9.83. The number of halogens is 4. The number of anilines is 1. The van der Waals surface area contributed by atoms with Gasteiger partial charge in [-0.3, -0.25) is 9.48 Å². The van der Waals surface area contributed by atoms with E-state index >= 15 is 0 Å². The molecule has 0 saturated heterocycles. The molecule has 0 bridgehead atoms. The summed E-state index contributed by atoms with van der Waals surface area (Å²) in [5, 5.41) is 11.3. The van der Waals surface area contributed by atoms with Crippen LogP contribution in [0, 0.1) is 0 Å². The van der Waals surface area contributed by atoms with Gasteiger partial charge in [-0.05, 0) is 36.6 Å². The van der Waals surface area contributed by atoms with E-state index in [2.05, 4.69) is 20.5 Å². The Morgan fingerprint density at radius 3 is 2.62 bits per heavy atom. The summed E-state index contributed by atoms with van der Waals surface area (Å²) in [6, 6.07) is 9.88. The van der Waals surface area contributed by atoms with Crippen LogP contribution in [0.3, 0.4) is 0 Å². The molecule has 1 aromatic carbocycles. The van der Waals surface area contributed by atoms with Crippen molar-refractivity contribution >= 4 is 29.0 Å². The zero-order chi connectivity index (χ0) is 22.5. The number of alkyl halides is 3. The van der Waals surface area contributed by atoms with Crippen LogP contribution in [0.2, 0.25) is 5.02 Å². The molecule has 0 unspecified atom stereocenters. The third-order valence-electron chi connectivity index (χ3n) is 5.16. The second-order valence-electron chi connectivity index (χ2n) is 7.61. The maximum Gasteiger partial charge on any atom is 0.433 e. The monoisotopic (exact) mass is 460 g/mol. The lowest BCUT2D eigenvalue weighted by molar-refractivity contribution is -0.142. The number of nitrogens with zero attached hydrogens (tertiary/aromatic N) is 5. The maximum atomic E-state index is 13.5. The van der Waals surface area contributed by atoms with Crippen molar-refractivity contribution in [3.05, 3.63) is 76.3 Å². The fourth-order valence-corrected chi connectivity index (χ4v) is 3.53. The Kier molecular flexibility index (Phi) is 4.89. The number of benzene rings is 1. The molecular formula is C21H16ClF3N6O. The minimum Gasteiger partial charge on any atom is -0.305 e. The highest BCUT2D eigenvalue weighted by Crippen LogP contribution is 2.41.